The fraction of sp³-hybridized carbons (Fsp3) is 0.571. The van der Waals surface area contributed by atoms with E-state index in [1.165, 1.54) is 31.4 Å². The fourth-order valence-corrected chi connectivity index (χ4v) is 2.49. The van der Waals surface area contributed by atoms with Gasteiger partial charge in [-0.25, -0.2) is 0 Å². The molecule has 0 amide bonds. The second-order valence-corrected chi connectivity index (χ2v) is 4.75. The first-order valence-corrected chi connectivity index (χ1v) is 6.34. The van der Waals surface area contributed by atoms with Crippen molar-refractivity contribution >= 4 is 0 Å². The van der Waals surface area contributed by atoms with Gasteiger partial charge in [-0.15, -0.1) is 0 Å². The molecule has 1 aliphatic rings. The first-order chi connectivity index (χ1) is 7.85. The molecule has 88 valence electrons. The quantitative estimate of drug-likeness (QED) is 0.792. The van der Waals surface area contributed by atoms with Crippen LogP contribution >= 0.6 is 0 Å². The molecule has 1 unspecified atom stereocenters. The summed E-state index contributed by atoms with van der Waals surface area (Å²) >= 11 is 0. The highest BCUT2D eigenvalue weighted by atomic mass is 15.1. The molecular weight excluding hydrogens is 196 g/mol. The van der Waals surface area contributed by atoms with Crippen LogP contribution in [0.15, 0.2) is 30.3 Å². The number of rotatable bonds is 5. The van der Waals surface area contributed by atoms with E-state index in [1.807, 2.05) is 0 Å². The van der Waals surface area contributed by atoms with Crippen LogP contribution in [-0.4, -0.2) is 18.6 Å². The zero-order chi connectivity index (χ0) is 11.3. The van der Waals surface area contributed by atoms with Gasteiger partial charge in [0.2, 0.25) is 0 Å². The lowest BCUT2D eigenvalue weighted by molar-refractivity contribution is 0.340. The molecule has 0 bridgehead atoms. The molecule has 0 saturated carbocycles. The monoisotopic (exact) mass is 218 g/mol. The number of nitrogens with one attached hydrogen (secondary N) is 2. The highest BCUT2D eigenvalue weighted by Gasteiger charge is 2.30. The molecule has 2 rings (SSSR count). The largest absolute Gasteiger partial charge is 0.311 e. The van der Waals surface area contributed by atoms with Crippen molar-refractivity contribution in [2.75, 3.05) is 13.1 Å². The summed E-state index contributed by atoms with van der Waals surface area (Å²) in [6, 6.07) is 10.6. The van der Waals surface area contributed by atoms with E-state index in [0.717, 1.165) is 13.1 Å². The van der Waals surface area contributed by atoms with Gasteiger partial charge in [0.25, 0.3) is 0 Å². The molecule has 0 spiro atoms. The zero-order valence-electron chi connectivity index (χ0n) is 10.1. The maximum absolute atomic E-state index is 3.64. The summed E-state index contributed by atoms with van der Waals surface area (Å²) in [5, 5.41) is 7.22. The van der Waals surface area contributed by atoms with Crippen LogP contribution in [0.1, 0.15) is 31.7 Å². The minimum Gasteiger partial charge on any atom is -0.311 e. The third kappa shape index (κ3) is 2.83. The molecule has 1 heterocycles. The van der Waals surface area contributed by atoms with Gasteiger partial charge in [0.15, 0.2) is 0 Å². The number of hydrogen-bond acceptors (Lipinski definition) is 2. The Morgan fingerprint density at radius 2 is 2.12 bits per heavy atom. The van der Waals surface area contributed by atoms with Crippen molar-refractivity contribution in [2.24, 2.45) is 0 Å². The first kappa shape index (κ1) is 11.6. The highest BCUT2D eigenvalue weighted by Crippen LogP contribution is 2.21. The summed E-state index contributed by atoms with van der Waals surface area (Å²) in [6.45, 7) is 5.52. The third-order valence-electron chi connectivity index (χ3n) is 3.64. The minimum atomic E-state index is 0.356. The van der Waals surface area contributed by atoms with Gasteiger partial charge in [0.1, 0.15) is 0 Å². The summed E-state index contributed by atoms with van der Waals surface area (Å²) in [7, 11) is 0. The lowest BCUT2D eigenvalue weighted by Gasteiger charge is -2.28. The van der Waals surface area contributed by atoms with Crippen molar-refractivity contribution < 1.29 is 0 Å². The van der Waals surface area contributed by atoms with Crippen LogP contribution in [-0.2, 0) is 6.54 Å². The molecule has 2 N–H and O–H groups in total. The average Bonchev–Trinajstić information content (AvgIpc) is 2.80. The van der Waals surface area contributed by atoms with Gasteiger partial charge in [0, 0.05) is 18.6 Å². The van der Waals surface area contributed by atoms with Gasteiger partial charge in [-0.1, -0.05) is 37.3 Å². The SMILES string of the molecule is CCC1(CNCc2ccccc2)CCCN1. The summed E-state index contributed by atoms with van der Waals surface area (Å²) in [5.74, 6) is 0. The molecule has 1 saturated heterocycles. The smallest absolute Gasteiger partial charge is 0.0304 e. The Bertz CT molecular complexity index is 302. The van der Waals surface area contributed by atoms with Crippen LogP contribution in [0.25, 0.3) is 0 Å². The summed E-state index contributed by atoms with van der Waals surface area (Å²) in [4.78, 5) is 0. The Kier molecular flexibility index (Phi) is 3.97. The lowest BCUT2D eigenvalue weighted by Crippen LogP contribution is -2.47. The van der Waals surface area contributed by atoms with E-state index in [4.69, 9.17) is 0 Å². The Balaban J connectivity index is 1.79. The van der Waals surface area contributed by atoms with Crippen LogP contribution in [0.2, 0.25) is 0 Å². The van der Waals surface area contributed by atoms with Crippen molar-refractivity contribution in [2.45, 2.75) is 38.3 Å². The van der Waals surface area contributed by atoms with Crippen LogP contribution in [0.5, 0.6) is 0 Å². The maximum Gasteiger partial charge on any atom is 0.0304 e. The Morgan fingerprint density at radius 1 is 1.31 bits per heavy atom. The highest BCUT2D eigenvalue weighted by molar-refractivity contribution is 5.14. The van der Waals surface area contributed by atoms with Gasteiger partial charge in [-0.05, 0) is 31.4 Å². The molecule has 0 aromatic heterocycles. The molecule has 0 aliphatic carbocycles. The molecule has 1 aromatic carbocycles. The molecule has 16 heavy (non-hydrogen) atoms. The van der Waals surface area contributed by atoms with Gasteiger partial charge in [-0.2, -0.15) is 0 Å². The molecule has 1 aromatic rings. The van der Waals surface area contributed by atoms with Crippen molar-refractivity contribution in [3.8, 4) is 0 Å². The molecule has 2 nitrogen and oxygen atoms in total. The van der Waals surface area contributed by atoms with Crippen LogP contribution in [0.4, 0.5) is 0 Å². The van der Waals surface area contributed by atoms with Gasteiger partial charge < -0.3 is 10.6 Å². The van der Waals surface area contributed by atoms with E-state index in [1.54, 1.807) is 0 Å². The Labute approximate surface area is 98.4 Å². The predicted molar refractivity (Wildman–Crippen MR) is 68.4 cm³/mol. The second kappa shape index (κ2) is 5.46. The molecular formula is C14H22N2. The van der Waals surface area contributed by atoms with E-state index in [9.17, 15) is 0 Å². The van der Waals surface area contributed by atoms with Crippen molar-refractivity contribution in [3.05, 3.63) is 35.9 Å². The molecule has 1 atom stereocenters. The minimum absolute atomic E-state index is 0.356. The zero-order valence-corrected chi connectivity index (χ0v) is 10.1. The lowest BCUT2D eigenvalue weighted by atomic mass is 9.94. The maximum atomic E-state index is 3.64. The van der Waals surface area contributed by atoms with E-state index >= 15 is 0 Å². The third-order valence-corrected chi connectivity index (χ3v) is 3.64. The fourth-order valence-electron chi connectivity index (χ4n) is 2.49. The topological polar surface area (TPSA) is 24.1 Å². The molecule has 0 radical (unpaired) electrons. The molecule has 1 fully saturated rings. The van der Waals surface area contributed by atoms with Crippen molar-refractivity contribution in [3.63, 3.8) is 0 Å². The molecule has 1 aliphatic heterocycles. The van der Waals surface area contributed by atoms with E-state index < -0.39 is 0 Å². The predicted octanol–water partition coefficient (Wildman–Crippen LogP) is 2.31. The van der Waals surface area contributed by atoms with Crippen LogP contribution in [0.3, 0.4) is 0 Å². The number of benzene rings is 1. The summed E-state index contributed by atoms with van der Waals surface area (Å²) < 4.78 is 0. The van der Waals surface area contributed by atoms with E-state index in [0.29, 0.717) is 5.54 Å². The van der Waals surface area contributed by atoms with Crippen molar-refractivity contribution in [1.82, 2.24) is 10.6 Å². The van der Waals surface area contributed by atoms with E-state index in [-0.39, 0.29) is 0 Å². The first-order valence-electron chi connectivity index (χ1n) is 6.34. The molecule has 2 heteroatoms. The van der Waals surface area contributed by atoms with Crippen LogP contribution < -0.4 is 10.6 Å². The van der Waals surface area contributed by atoms with E-state index in [2.05, 4.69) is 47.9 Å². The Morgan fingerprint density at radius 3 is 2.75 bits per heavy atom. The summed E-state index contributed by atoms with van der Waals surface area (Å²) in [5.41, 5.74) is 1.72. The standard InChI is InChI=1S/C14H22N2/c1-2-14(9-6-10-16-14)12-15-11-13-7-4-3-5-8-13/h3-5,7-8,15-16H,2,6,9-12H2,1H3. The van der Waals surface area contributed by atoms with Gasteiger partial charge in [0.05, 0.1) is 0 Å². The average molecular weight is 218 g/mol. The normalized spacial score (nSPS) is 24.8. The van der Waals surface area contributed by atoms with Crippen molar-refractivity contribution in [1.29, 1.82) is 0 Å². The Hall–Kier alpha value is -0.860. The summed E-state index contributed by atoms with van der Waals surface area (Å²) in [6.07, 6.45) is 3.85. The van der Waals surface area contributed by atoms with Gasteiger partial charge >= 0.3 is 0 Å². The van der Waals surface area contributed by atoms with Crippen LogP contribution in [0, 0.1) is 0 Å². The van der Waals surface area contributed by atoms with Gasteiger partial charge in [-0.3, -0.25) is 0 Å². The number of hydrogen-bond donors (Lipinski definition) is 2. The second-order valence-electron chi connectivity index (χ2n) is 4.75.